The van der Waals surface area contributed by atoms with Crippen LogP contribution in [-0.4, -0.2) is 33.8 Å². The maximum atomic E-state index is 14.4. The number of amides is 1. The summed E-state index contributed by atoms with van der Waals surface area (Å²) in [7, 11) is 1.77. The third-order valence-corrected chi connectivity index (χ3v) is 9.58. The average Bonchev–Trinajstić information content (AvgIpc) is 3.55. The van der Waals surface area contributed by atoms with Crippen molar-refractivity contribution in [2.75, 3.05) is 12.0 Å². The minimum atomic E-state index is -0.960. The number of ether oxygens (including phenoxy) is 1. The molecule has 3 fully saturated rings. The minimum absolute atomic E-state index is 0.0351. The third kappa shape index (κ3) is 4.19. The zero-order chi connectivity index (χ0) is 28.6. The summed E-state index contributed by atoms with van der Waals surface area (Å²) in [4.78, 5) is 20.7. The summed E-state index contributed by atoms with van der Waals surface area (Å²) in [6, 6.07) is 7.78. The number of aryl methyl sites for hydroxylation is 3. The molecule has 0 unspecified atom stereocenters. The first-order valence-electron chi connectivity index (χ1n) is 14.5. The van der Waals surface area contributed by atoms with Gasteiger partial charge in [0.25, 0.3) is 0 Å². The summed E-state index contributed by atoms with van der Waals surface area (Å²) in [6.45, 7) is 5.92. The summed E-state index contributed by atoms with van der Waals surface area (Å²) in [5.74, 6) is -0.144. The lowest BCUT2D eigenvalue weighted by molar-refractivity contribution is -0.121. The van der Waals surface area contributed by atoms with Crippen molar-refractivity contribution in [3.8, 4) is 11.1 Å². The quantitative estimate of drug-likeness (QED) is 0.259. The first-order chi connectivity index (χ1) is 19.8. The van der Waals surface area contributed by atoms with Gasteiger partial charge in [0.2, 0.25) is 5.91 Å². The highest BCUT2D eigenvalue weighted by Gasteiger charge is 2.54. The van der Waals surface area contributed by atoms with Crippen molar-refractivity contribution < 1.29 is 22.8 Å². The normalized spacial score (nSPS) is 26.0. The van der Waals surface area contributed by atoms with Crippen molar-refractivity contribution in [2.24, 2.45) is 11.8 Å². The summed E-state index contributed by atoms with van der Waals surface area (Å²) in [6.07, 6.45) is 5.54. The molecule has 0 spiro atoms. The maximum absolute atomic E-state index is 14.4. The van der Waals surface area contributed by atoms with Gasteiger partial charge in [-0.05, 0) is 94.5 Å². The van der Waals surface area contributed by atoms with Gasteiger partial charge in [-0.25, -0.2) is 13.8 Å². The fraction of sp³-hybridized carbons (Fsp3) is 0.469. The van der Waals surface area contributed by atoms with Crippen LogP contribution in [-0.2, 0) is 9.53 Å². The second-order valence-electron chi connectivity index (χ2n) is 12.0. The van der Waals surface area contributed by atoms with E-state index in [9.17, 15) is 13.6 Å². The molecule has 3 heterocycles. The van der Waals surface area contributed by atoms with E-state index >= 15 is 0 Å². The summed E-state index contributed by atoms with van der Waals surface area (Å²) in [5.41, 5.74) is 6.11. The van der Waals surface area contributed by atoms with Crippen LogP contribution in [0.15, 0.2) is 34.9 Å². The van der Waals surface area contributed by atoms with Gasteiger partial charge in [0.15, 0.2) is 11.6 Å². The van der Waals surface area contributed by atoms with Crippen LogP contribution in [0.1, 0.15) is 73.5 Å². The number of fused-ring (bicyclic) bond motifs is 2. The molecule has 2 saturated carbocycles. The molecule has 0 bridgehead atoms. The lowest BCUT2D eigenvalue weighted by Gasteiger charge is -2.37. The predicted octanol–water partition coefficient (Wildman–Crippen LogP) is 7.14. The average molecular weight is 561 g/mol. The van der Waals surface area contributed by atoms with E-state index in [0.717, 1.165) is 95.7 Å². The molecule has 2 aromatic carbocycles. The van der Waals surface area contributed by atoms with E-state index < -0.39 is 11.6 Å². The smallest absolute Gasteiger partial charge is 0.231 e. The van der Waals surface area contributed by atoms with Gasteiger partial charge >= 0.3 is 0 Å². The van der Waals surface area contributed by atoms with Gasteiger partial charge in [-0.3, -0.25) is 4.79 Å². The number of aromatic nitrogens is 3. The topological polar surface area (TPSA) is 73.4 Å². The number of methoxy groups -OCH3 is 1. The van der Waals surface area contributed by atoms with Crippen LogP contribution in [0, 0.1) is 44.2 Å². The molecule has 3 atom stereocenters. The first-order valence-corrected chi connectivity index (χ1v) is 14.5. The van der Waals surface area contributed by atoms with Crippen molar-refractivity contribution in [3.63, 3.8) is 0 Å². The minimum Gasteiger partial charge on any atom is -0.381 e. The Kier molecular flexibility index (Phi) is 6.26. The number of carbonyl (C=O) groups excluding carboxylic acids is 1. The number of nitrogens with zero attached hydrogens (tertiary/aromatic N) is 4. The van der Waals surface area contributed by atoms with Crippen molar-refractivity contribution in [3.05, 3.63) is 64.8 Å². The molecule has 1 aliphatic heterocycles. The van der Waals surface area contributed by atoms with Gasteiger partial charge in [0.1, 0.15) is 11.6 Å². The molecule has 4 aromatic rings. The number of imidazole rings is 1. The summed E-state index contributed by atoms with van der Waals surface area (Å²) in [5, 5.41) is 4.16. The van der Waals surface area contributed by atoms with Crippen molar-refractivity contribution in [2.45, 2.75) is 77.5 Å². The Bertz CT molecular complexity index is 1650. The molecule has 1 saturated heterocycles. The standard InChI is InChI=1S/C32H34F2N4O3/c1-16-23(29-17(2)36-41-18(29)3)10-12-27-30(16)35-31(37(27)20-5-8-22(40-4)9-6-20)28-14-19-13-24(19)32(39)38(28)21-7-11-25(33)26(34)15-21/h7,10-12,15,19-20,22,24,28H,5-6,8-9,13-14H2,1-4H3/t19-,20?,22?,24-,28+/m0/s1. The van der Waals surface area contributed by atoms with E-state index in [2.05, 4.69) is 28.8 Å². The molecule has 9 heteroatoms. The Hall–Kier alpha value is -3.59. The van der Waals surface area contributed by atoms with E-state index in [1.807, 2.05) is 13.8 Å². The van der Waals surface area contributed by atoms with Crippen molar-refractivity contribution in [1.29, 1.82) is 0 Å². The predicted molar refractivity (Wildman–Crippen MR) is 151 cm³/mol. The molecule has 0 radical (unpaired) electrons. The van der Waals surface area contributed by atoms with E-state index in [0.29, 0.717) is 5.69 Å². The fourth-order valence-corrected chi connectivity index (χ4v) is 7.31. The van der Waals surface area contributed by atoms with Crippen LogP contribution in [0.25, 0.3) is 22.2 Å². The van der Waals surface area contributed by atoms with Crippen LogP contribution < -0.4 is 4.90 Å². The van der Waals surface area contributed by atoms with Gasteiger partial charge in [-0.2, -0.15) is 0 Å². The van der Waals surface area contributed by atoms with Crippen LogP contribution in [0.4, 0.5) is 14.5 Å². The Morgan fingerprint density at radius 1 is 1.00 bits per heavy atom. The molecule has 214 valence electrons. The molecule has 7 rings (SSSR count). The van der Waals surface area contributed by atoms with Gasteiger partial charge < -0.3 is 18.7 Å². The zero-order valence-corrected chi connectivity index (χ0v) is 23.8. The molecule has 41 heavy (non-hydrogen) atoms. The number of rotatable bonds is 5. The number of carbonyl (C=O) groups is 1. The van der Waals surface area contributed by atoms with Gasteiger partial charge in [0, 0.05) is 36.4 Å². The Labute approximate surface area is 237 Å². The Morgan fingerprint density at radius 2 is 1.78 bits per heavy atom. The lowest BCUT2D eigenvalue weighted by Crippen LogP contribution is -2.41. The Balaban J connectivity index is 1.42. The molecule has 0 N–H and O–H groups in total. The molecule has 2 aromatic heterocycles. The highest BCUT2D eigenvalue weighted by molar-refractivity contribution is 5.99. The highest BCUT2D eigenvalue weighted by atomic mass is 19.2. The molecule has 3 aliphatic rings. The molecular formula is C32H34F2N4O3. The fourth-order valence-electron chi connectivity index (χ4n) is 7.31. The number of anilines is 1. The van der Waals surface area contributed by atoms with Crippen molar-refractivity contribution >= 4 is 22.6 Å². The van der Waals surface area contributed by atoms with Crippen LogP contribution in [0.3, 0.4) is 0 Å². The second kappa shape index (κ2) is 9.76. The highest BCUT2D eigenvalue weighted by Crippen LogP contribution is 2.54. The zero-order valence-electron chi connectivity index (χ0n) is 23.8. The van der Waals surface area contributed by atoms with E-state index in [-0.39, 0.29) is 35.9 Å². The van der Waals surface area contributed by atoms with Crippen LogP contribution >= 0.6 is 0 Å². The molecule has 7 nitrogen and oxygen atoms in total. The summed E-state index contributed by atoms with van der Waals surface area (Å²) >= 11 is 0. The third-order valence-electron chi connectivity index (χ3n) is 9.58. The van der Waals surface area contributed by atoms with Crippen molar-refractivity contribution in [1.82, 2.24) is 14.7 Å². The van der Waals surface area contributed by atoms with Gasteiger partial charge in [-0.15, -0.1) is 0 Å². The van der Waals surface area contributed by atoms with E-state index in [1.165, 1.54) is 6.07 Å². The summed E-state index contributed by atoms with van der Waals surface area (Å²) < 4.78 is 41.8. The van der Waals surface area contributed by atoms with Crippen LogP contribution in [0.2, 0.25) is 0 Å². The first kappa shape index (κ1) is 26.3. The van der Waals surface area contributed by atoms with E-state index in [4.69, 9.17) is 14.2 Å². The molecular weight excluding hydrogens is 526 g/mol. The Morgan fingerprint density at radius 3 is 2.46 bits per heavy atom. The largest absolute Gasteiger partial charge is 0.381 e. The SMILES string of the molecule is COC1CCC(n2c([C@H]3C[C@@H]4C[C@@H]4C(=O)N3c3ccc(F)c(F)c3)nc3c(C)c(-c4c(C)noc4C)ccc32)CC1. The number of halogens is 2. The number of hydrogen-bond donors (Lipinski definition) is 0. The number of piperidine rings is 1. The number of hydrogen-bond acceptors (Lipinski definition) is 5. The second-order valence-corrected chi connectivity index (χ2v) is 12.0. The van der Waals surface area contributed by atoms with Gasteiger partial charge in [0.05, 0.1) is 28.9 Å². The van der Waals surface area contributed by atoms with Gasteiger partial charge in [-0.1, -0.05) is 11.2 Å². The number of benzene rings is 2. The van der Waals surface area contributed by atoms with E-state index in [1.54, 1.807) is 12.0 Å². The monoisotopic (exact) mass is 560 g/mol. The molecule has 1 amide bonds. The molecule has 2 aliphatic carbocycles. The lowest BCUT2D eigenvalue weighted by atomic mass is 9.91. The van der Waals surface area contributed by atoms with Crippen LogP contribution in [0.5, 0.6) is 0 Å². The maximum Gasteiger partial charge on any atom is 0.231 e.